The SMILES string of the molecule is BrCc1cccc(-c2ccccc2)c1-c1nnnn1Cc1ccccc1. The zero-order valence-electron chi connectivity index (χ0n) is 14.1. The second-order valence-corrected chi connectivity index (χ2v) is 6.55. The van der Waals surface area contributed by atoms with Crippen molar-refractivity contribution in [1.82, 2.24) is 20.2 Å². The van der Waals surface area contributed by atoms with Gasteiger partial charge in [0.25, 0.3) is 0 Å². The quantitative estimate of drug-likeness (QED) is 0.442. The van der Waals surface area contributed by atoms with Crippen LogP contribution in [0.15, 0.2) is 78.9 Å². The van der Waals surface area contributed by atoms with Crippen molar-refractivity contribution >= 4 is 15.9 Å². The Morgan fingerprint density at radius 1 is 0.808 bits per heavy atom. The third-order valence-electron chi connectivity index (χ3n) is 4.31. The summed E-state index contributed by atoms with van der Waals surface area (Å²) in [4.78, 5) is 0. The molecule has 0 radical (unpaired) electrons. The van der Waals surface area contributed by atoms with E-state index in [4.69, 9.17) is 0 Å². The van der Waals surface area contributed by atoms with Gasteiger partial charge < -0.3 is 0 Å². The predicted octanol–water partition coefficient (Wildman–Crippen LogP) is 4.95. The molecule has 5 heteroatoms. The van der Waals surface area contributed by atoms with Crippen molar-refractivity contribution in [1.29, 1.82) is 0 Å². The fourth-order valence-electron chi connectivity index (χ4n) is 3.08. The lowest BCUT2D eigenvalue weighted by molar-refractivity contribution is 0.653. The van der Waals surface area contributed by atoms with Gasteiger partial charge in [0.15, 0.2) is 5.82 Å². The van der Waals surface area contributed by atoms with Crippen LogP contribution < -0.4 is 0 Å². The Hall–Kier alpha value is -2.79. The summed E-state index contributed by atoms with van der Waals surface area (Å²) in [5.41, 5.74) is 5.68. The van der Waals surface area contributed by atoms with Crippen LogP contribution in [0.2, 0.25) is 0 Å². The molecule has 128 valence electrons. The first-order valence-corrected chi connectivity index (χ1v) is 9.52. The molecule has 1 aromatic heterocycles. The lowest BCUT2D eigenvalue weighted by Gasteiger charge is -2.14. The fourth-order valence-corrected chi connectivity index (χ4v) is 3.55. The topological polar surface area (TPSA) is 43.6 Å². The Morgan fingerprint density at radius 3 is 2.27 bits per heavy atom. The smallest absolute Gasteiger partial charge is 0.183 e. The van der Waals surface area contributed by atoms with Crippen LogP contribution in [0.25, 0.3) is 22.5 Å². The largest absolute Gasteiger partial charge is 0.221 e. The van der Waals surface area contributed by atoms with E-state index in [1.54, 1.807) is 0 Å². The first kappa shape index (κ1) is 16.7. The Balaban J connectivity index is 1.85. The highest BCUT2D eigenvalue weighted by molar-refractivity contribution is 9.08. The van der Waals surface area contributed by atoms with Crippen LogP contribution in [0, 0.1) is 0 Å². The van der Waals surface area contributed by atoms with Gasteiger partial charge in [-0.15, -0.1) is 5.10 Å². The van der Waals surface area contributed by atoms with E-state index < -0.39 is 0 Å². The molecule has 1 heterocycles. The summed E-state index contributed by atoms with van der Waals surface area (Å²) < 4.78 is 1.86. The zero-order valence-corrected chi connectivity index (χ0v) is 15.7. The minimum atomic E-state index is 0.633. The molecule has 0 atom stereocenters. The maximum Gasteiger partial charge on any atom is 0.183 e. The number of aromatic nitrogens is 4. The molecule has 0 bridgehead atoms. The van der Waals surface area contributed by atoms with Gasteiger partial charge in [-0.3, -0.25) is 0 Å². The van der Waals surface area contributed by atoms with Crippen molar-refractivity contribution in [3.05, 3.63) is 90.0 Å². The van der Waals surface area contributed by atoms with Gasteiger partial charge in [-0.25, -0.2) is 4.68 Å². The number of rotatable bonds is 5. The monoisotopic (exact) mass is 404 g/mol. The Bertz CT molecular complexity index is 997. The van der Waals surface area contributed by atoms with Crippen molar-refractivity contribution < 1.29 is 0 Å². The van der Waals surface area contributed by atoms with E-state index in [9.17, 15) is 0 Å². The molecule has 0 aliphatic heterocycles. The van der Waals surface area contributed by atoms with Crippen molar-refractivity contribution in [3.63, 3.8) is 0 Å². The van der Waals surface area contributed by atoms with Gasteiger partial charge >= 0.3 is 0 Å². The zero-order chi connectivity index (χ0) is 17.8. The van der Waals surface area contributed by atoms with Crippen LogP contribution in [0.1, 0.15) is 11.1 Å². The summed E-state index contributed by atoms with van der Waals surface area (Å²) in [7, 11) is 0. The Kier molecular flexibility index (Phi) is 4.88. The molecular formula is C21H17BrN4. The first-order chi connectivity index (χ1) is 12.9. The van der Waals surface area contributed by atoms with E-state index in [1.165, 1.54) is 5.56 Å². The molecule has 26 heavy (non-hydrogen) atoms. The van der Waals surface area contributed by atoms with Gasteiger partial charge in [0.2, 0.25) is 0 Å². The standard InChI is InChI=1S/C21H17BrN4/c22-14-18-12-7-13-19(17-10-5-2-6-11-17)20(18)21-23-24-25-26(21)15-16-8-3-1-4-9-16/h1-13H,14-15H2. The highest BCUT2D eigenvalue weighted by Crippen LogP contribution is 2.34. The summed E-state index contributed by atoms with van der Waals surface area (Å²) in [5, 5.41) is 13.3. The van der Waals surface area contributed by atoms with Crippen LogP contribution in [-0.4, -0.2) is 20.2 Å². The Morgan fingerprint density at radius 2 is 1.54 bits per heavy atom. The number of benzene rings is 3. The van der Waals surface area contributed by atoms with Crippen LogP contribution in [0.3, 0.4) is 0 Å². The molecule has 0 amide bonds. The van der Waals surface area contributed by atoms with Gasteiger partial charge in [-0.05, 0) is 32.7 Å². The molecule has 3 aromatic carbocycles. The van der Waals surface area contributed by atoms with Crippen LogP contribution in [0.5, 0.6) is 0 Å². The molecule has 0 aliphatic rings. The number of hydrogen-bond acceptors (Lipinski definition) is 3. The molecular weight excluding hydrogens is 388 g/mol. The van der Waals surface area contributed by atoms with E-state index in [0.717, 1.165) is 33.4 Å². The summed E-state index contributed by atoms with van der Waals surface area (Å²) in [6.45, 7) is 0.633. The fraction of sp³-hybridized carbons (Fsp3) is 0.0952. The summed E-state index contributed by atoms with van der Waals surface area (Å²) in [6.07, 6.45) is 0. The van der Waals surface area contributed by atoms with Crippen molar-refractivity contribution in [2.24, 2.45) is 0 Å². The average Bonchev–Trinajstić information content (AvgIpc) is 3.16. The van der Waals surface area contributed by atoms with Gasteiger partial charge in [0.05, 0.1) is 6.54 Å². The number of halogens is 1. The van der Waals surface area contributed by atoms with E-state index >= 15 is 0 Å². The third-order valence-corrected chi connectivity index (χ3v) is 4.91. The maximum atomic E-state index is 4.36. The molecule has 0 aliphatic carbocycles. The van der Waals surface area contributed by atoms with E-state index in [0.29, 0.717) is 6.54 Å². The lowest BCUT2D eigenvalue weighted by Crippen LogP contribution is -2.06. The predicted molar refractivity (Wildman–Crippen MR) is 107 cm³/mol. The second-order valence-electron chi connectivity index (χ2n) is 5.99. The molecule has 4 rings (SSSR count). The van der Waals surface area contributed by atoms with Gasteiger partial charge in [0.1, 0.15) is 0 Å². The minimum Gasteiger partial charge on any atom is -0.221 e. The number of tetrazole rings is 1. The number of alkyl halides is 1. The van der Waals surface area contributed by atoms with Crippen molar-refractivity contribution in [2.45, 2.75) is 11.9 Å². The van der Waals surface area contributed by atoms with Crippen LogP contribution in [0.4, 0.5) is 0 Å². The number of nitrogens with zero attached hydrogens (tertiary/aromatic N) is 4. The highest BCUT2D eigenvalue weighted by Gasteiger charge is 2.18. The Labute approximate surface area is 160 Å². The average molecular weight is 405 g/mol. The van der Waals surface area contributed by atoms with E-state index in [1.807, 2.05) is 41.1 Å². The lowest BCUT2D eigenvalue weighted by atomic mass is 9.95. The number of hydrogen-bond donors (Lipinski definition) is 0. The van der Waals surface area contributed by atoms with E-state index in [2.05, 4.69) is 73.9 Å². The molecule has 4 aromatic rings. The van der Waals surface area contributed by atoms with Gasteiger partial charge in [0, 0.05) is 10.9 Å². The molecule has 0 unspecified atom stereocenters. The molecule has 0 N–H and O–H groups in total. The van der Waals surface area contributed by atoms with E-state index in [-0.39, 0.29) is 0 Å². The third kappa shape index (κ3) is 3.30. The van der Waals surface area contributed by atoms with Gasteiger partial charge in [-0.2, -0.15) is 0 Å². The molecule has 0 saturated heterocycles. The molecule has 4 nitrogen and oxygen atoms in total. The summed E-state index contributed by atoms with van der Waals surface area (Å²) in [6, 6.07) is 26.9. The van der Waals surface area contributed by atoms with Gasteiger partial charge in [-0.1, -0.05) is 94.8 Å². The van der Waals surface area contributed by atoms with Crippen molar-refractivity contribution in [2.75, 3.05) is 0 Å². The molecule has 0 saturated carbocycles. The first-order valence-electron chi connectivity index (χ1n) is 8.40. The van der Waals surface area contributed by atoms with Crippen molar-refractivity contribution in [3.8, 4) is 22.5 Å². The van der Waals surface area contributed by atoms with Crippen LogP contribution >= 0.6 is 15.9 Å². The second kappa shape index (κ2) is 7.62. The minimum absolute atomic E-state index is 0.633. The molecule has 0 fully saturated rings. The normalized spacial score (nSPS) is 10.8. The summed E-state index contributed by atoms with van der Waals surface area (Å²) in [5.74, 6) is 0.780. The maximum absolute atomic E-state index is 4.36. The highest BCUT2D eigenvalue weighted by atomic mass is 79.9. The van der Waals surface area contributed by atoms with Crippen LogP contribution in [-0.2, 0) is 11.9 Å². The summed E-state index contributed by atoms with van der Waals surface area (Å²) >= 11 is 3.61. The molecule has 0 spiro atoms.